The number of carbonyl (C=O) groups excluding carboxylic acids is 2. The number of esters is 2. The highest BCUT2D eigenvalue weighted by Crippen LogP contribution is 2.69. The third kappa shape index (κ3) is 7.45. The van der Waals surface area contributed by atoms with Crippen LogP contribution in [-0.2, 0) is 19.1 Å². The molecule has 0 aliphatic heterocycles. The van der Waals surface area contributed by atoms with Crippen molar-refractivity contribution < 1.29 is 32.0 Å². The number of methoxy groups -OCH3 is 1. The second-order valence-corrected chi connectivity index (χ2v) is 19.7. The Morgan fingerprint density at radius 3 is 1.98 bits per heavy atom. The fourth-order valence-corrected chi connectivity index (χ4v) is 14.1. The van der Waals surface area contributed by atoms with Gasteiger partial charge in [-0.2, -0.15) is 0 Å². The molecular formula is C51H59O7P. The lowest BCUT2D eigenvalue weighted by Gasteiger charge is -2.62. The maximum Gasteiger partial charge on any atom is 0.387 e. The van der Waals surface area contributed by atoms with Crippen LogP contribution in [0.1, 0.15) is 91.9 Å². The van der Waals surface area contributed by atoms with E-state index in [9.17, 15) is 9.59 Å². The lowest BCUT2D eigenvalue weighted by molar-refractivity contribution is -0.172. The van der Waals surface area contributed by atoms with Crippen molar-refractivity contribution in [3.05, 3.63) is 97.1 Å². The van der Waals surface area contributed by atoms with E-state index in [1.54, 1.807) is 0 Å². The molecule has 310 valence electrons. The summed E-state index contributed by atoms with van der Waals surface area (Å²) in [4.78, 5) is 24.4. The van der Waals surface area contributed by atoms with Crippen LogP contribution >= 0.6 is 8.24 Å². The molecule has 8 heteroatoms. The maximum absolute atomic E-state index is 12.4. The topological polar surface area (TPSA) is 88.1 Å². The normalized spacial score (nSPS) is 30.5. The Morgan fingerprint density at radius 1 is 0.763 bits per heavy atom. The summed E-state index contributed by atoms with van der Waals surface area (Å²) in [6, 6.07) is 33.9. The van der Waals surface area contributed by atoms with Gasteiger partial charge in [-0.15, -0.1) is 0 Å². The molecule has 4 aromatic carbocycles. The molecule has 1 aromatic heterocycles. The molecule has 10 atom stereocenters. The molecule has 59 heavy (non-hydrogen) atoms. The largest absolute Gasteiger partial charge is 0.469 e. The van der Waals surface area contributed by atoms with E-state index < -0.39 is 8.24 Å². The minimum atomic E-state index is -1.85. The van der Waals surface area contributed by atoms with Gasteiger partial charge in [0.2, 0.25) is 0 Å². The predicted molar refractivity (Wildman–Crippen MR) is 234 cm³/mol. The van der Waals surface area contributed by atoms with Crippen molar-refractivity contribution >= 4 is 42.1 Å². The molecule has 0 spiro atoms. The smallest absolute Gasteiger partial charge is 0.387 e. The Morgan fingerprint density at radius 2 is 1.39 bits per heavy atom. The van der Waals surface area contributed by atoms with E-state index in [1.165, 1.54) is 26.9 Å². The first-order valence-corrected chi connectivity index (χ1v) is 23.1. The van der Waals surface area contributed by atoms with Crippen LogP contribution in [-0.4, -0.2) is 31.3 Å². The van der Waals surface area contributed by atoms with Gasteiger partial charge in [-0.05, 0) is 145 Å². The molecule has 0 unspecified atom stereocenters. The van der Waals surface area contributed by atoms with Gasteiger partial charge in [-0.25, -0.2) is 0 Å². The Kier molecular flexibility index (Phi) is 11.1. The van der Waals surface area contributed by atoms with E-state index in [4.69, 9.17) is 22.4 Å². The number of hydrogen-bond donors (Lipinski definition) is 0. The summed E-state index contributed by atoms with van der Waals surface area (Å²) < 4.78 is 32.4. The van der Waals surface area contributed by atoms with Gasteiger partial charge in [0, 0.05) is 29.5 Å². The van der Waals surface area contributed by atoms with Gasteiger partial charge in [0.05, 0.1) is 13.2 Å². The van der Waals surface area contributed by atoms with Crippen molar-refractivity contribution in [2.24, 2.45) is 46.3 Å². The monoisotopic (exact) mass is 814 g/mol. The number of carbonyl (C=O) groups is 2. The number of benzene rings is 4. The lowest BCUT2D eigenvalue weighted by Crippen LogP contribution is -2.60. The zero-order valence-electron chi connectivity index (χ0n) is 35.2. The van der Waals surface area contributed by atoms with Gasteiger partial charge in [0.1, 0.15) is 17.3 Å². The van der Waals surface area contributed by atoms with Crippen LogP contribution in [0.15, 0.2) is 105 Å². The van der Waals surface area contributed by atoms with Crippen molar-refractivity contribution in [3.63, 3.8) is 0 Å². The molecule has 0 saturated heterocycles. The molecule has 0 N–H and O–H groups in total. The van der Waals surface area contributed by atoms with Crippen molar-refractivity contribution in [1.82, 2.24) is 0 Å². The predicted octanol–water partition coefficient (Wildman–Crippen LogP) is 13.2. The van der Waals surface area contributed by atoms with E-state index in [-0.39, 0.29) is 35.0 Å². The third-order valence-corrected chi connectivity index (χ3v) is 17.0. The fraction of sp³-hybridized carbons (Fsp3) is 0.490. The van der Waals surface area contributed by atoms with Crippen LogP contribution in [0, 0.1) is 46.3 Å². The Balaban J connectivity index is 1.15. The molecule has 4 aliphatic rings. The van der Waals surface area contributed by atoms with E-state index >= 15 is 0 Å². The lowest BCUT2D eigenvalue weighted by atomic mass is 9.43. The summed E-state index contributed by atoms with van der Waals surface area (Å²) in [5.74, 6) is 2.48. The zero-order chi connectivity index (χ0) is 40.9. The van der Waals surface area contributed by atoms with E-state index in [2.05, 4.69) is 106 Å². The number of hydrogen-bond acceptors (Lipinski definition) is 7. The van der Waals surface area contributed by atoms with Crippen molar-refractivity contribution in [2.45, 2.75) is 104 Å². The first-order chi connectivity index (χ1) is 28.5. The van der Waals surface area contributed by atoms with E-state index in [1.807, 2.05) is 12.1 Å². The average Bonchev–Trinajstić information content (AvgIpc) is 3.54. The van der Waals surface area contributed by atoms with Crippen molar-refractivity contribution in [1.29, 1.82) is 0 Å². The Hall–Kier alpha value is -4.32. The van der Waals surface area contributed by atoms with Crippen LogP contribution in [0.25, 0.3) is 44.2 Å². The third-order valence-electron chi connectivity index (χ3n) is 15.8. The molecule has 0 amide bonds. The van der Waals surface area contributed by atoms with Crippen molar-refractivity contribution in [3.8, 4) is 22.3 Å². The summed E-state index contributed by atoms with van der Waals surface area (Å²) in [7, 11) is -0.362. The molecular weight excluding hydrogens is 756 g/mol. The highest BCUT2D eigenvalue weighted by atomic mass is 31.1. The molecule has 0 radical (unpaired) electrons. The molecule has 0 bridgehead atoms. The first kappa shape index (κ1) is 40.1. The molecule has 7 nitrogen and oxygen atoms in total. The Bertz CT molecular complexity index is 2260. The first-order valence-electron chi connectivity index (χ1n) is 22.0. The zero-order valence-corrected chi connectivity index (χ0v) is 36.1. The molecule has 4 fully saturated rings. The number of rotatable bonds is 9. The summed E-state index contributed by atoms with van der Waals surface area (Å²) in [6.45, 7) is 8.92. The van der Waals surface area contributed by atoms with Crippen LogP contribution in [0.3, 0.4) is 0 Å². The number of fused-ring (bicyclic) bond motifs is 8. The highest BCUT2D eigenvalue weighted by molar-refractivity contribution is 7.31. The maximum atomic E-state index is 12.4. The minimum Gasteiger partial charge on any atom is -0.469 e. The van der Waals surface area contributed by atoms with Crippen molar-refractivity contribution in [2.75, 3.05) is 7.11 Å². The van der Waals surface area contributed by atoms with Gasteiger partial charge in [0.25, 0.3) is 0 Å². The summed E-state index contributed by atoms with van der Waals surface area (Å²) in [5, 5.41) is 1.98. The quantitative estimate of drug-likeness (QED) is 0.137. The van der Waals surface area contributed by atoms with Gasteiger partial charge < -0.3 is 17.9 Å². The average molecular weight is 815 g/mol. The molecule has 9 rings (SSSR count). The van der Waals surface area contributed by atoms with Crippen LogP contribution in [0.2, 0.25) is 0 Å². The van der Waals surface area contributed by atoms with Gasteiger partial charge in [-0.1, -0.05) is 93.6 Å². The van der Waals surface area contributed by atoms with Crippen LogP contribution in [0.4, 0.5) is 0 Å². The molecule has 5 aromatic rings. The van der Waals surface area contributed by atoms with Gasteiger partial charge in [0.15, 0.2) is 0 Å². The second-order valence-electron chi connectivity index (χ2n) is 18.7. The molecule has 4 aliphatic carbocycles. The SMILES string of the molecule is COC(=O)CC[C@@H](C)[C@H]1CC[C@H]2[C@@H]3CC[C@@H]4C[C@H](OC(C)=O)CC[C@]4(C)[C@H]3C[C@H](Op3oc4ccc(-c5ccccc5)cc4c4cc(-c5ccccc5)ccc4o3)[C@]12C. The van der Waals surface area contributed by atoms with Gasteiger partial charge in [-0.3, -0.25) is 14.1 Å². The minimum absolute atomic E-state index is 0.00995. The summed E-state index contributed by atoms with van der Waals surface area (Å²) in [5.41, 5.74) is 6.05. The molecule has 4 saturated carbocycles. The van der Waals surface area contributed by atoms with Crippen LogP contribution in [0.5, 0.6) is 0 Å². The summed E-state index contributed by atoms with van der Waals surface area (Å²) >= 11 is 0. The fourth-order valence-electron chi connectivity index (χ4n) is 12.9. The highest BCUT2D eigenvalue weighted by Gasteiger charge is 2.65. The molecule has 1 heterocycles. The van der Waals surface area contributed by atoms with E-state index in [0.29, 0.717) is 41.9 Å². The van der Waals surface area contributed by atoms with E-state index in [0.717, 1.165) is 89.1 Å². The van der Waals surface area contributed by atoms with Gasteiger partial charge >= 0.3 is 20.2 Å². The number of ether oxygens (including phenoxy) is 2. The standard InChI is InChI=1S/C51H59O7P/c1-32(16-25-49(53)54-5)43-21-22-44-40-20-19-38-30-39(55-33(2)52)26-27-50(38,3)45(40)31-48(51(43,44)4)58-59-56-46-23-17-36(34-12-8-6-9-13-34)28-41(46)42-29-37(18-24-47(42)57-59)35-14-10-7-11-15-35/h6-15,17-18,23-24,28-29,32,38-40,43-45,48H,16,19-22,25-27,30-31H2,1-5H3/t32-,38-,39-,40+,43-,44+,45+,48+,50+,51-/m1/s1. The second kappa shape index (κ2) is 16.3. The summed E-state index contributed by atoms with van der Waals surface area (Å²) in [6.07, 6.45) is 9.66. The Labute approximate surface area is 349 Å². The van der Waals surface area contributed by atoms with Crippen LogP contribution < -0.4 is 4.52 Å².